The Labute approximate surface area is 136 Å². The van der Waals surface area contributed by atoms with Gasteiger partial charge in [0.05, 0.1) is 17.6 Å². The van der Waals surface area contributed by atoms with Crippen LogP contribution in [0.4, 0.5) is 0 Å². The van der Waals surface area contributed by atoms with Crippen LogP contribution in [0.15, 0.2) is 29.2 Å². The molecule has 0 saturated carbocycles. The summed E-state index contributed by atoms with van der Waals surface area (Å²) in [5.41, 5.74) is 0.926. The van der Waals surface area contributed by atoms with Gasteiger partial charge in [-0.2, -0.15) is 8.42 Å². The van der Waals surface area contributed by atoms with Gasteiger partial charge < -0.3 is 9.84 Å². The van der Waals surface area contributed by atoms with Crippen molar-refractivity contribution in [3.05, 3.63) is 29.8 Å². The van der Waals surface area contributed by atoms with Crippen LogP contribution in [0.3, 0.4) is 0 Å². The number of hydrogen-bond acceptors (Lipinski definition) is 6. The van der Waals surface area contributed by atoms with E-state index in [1.807, 2.05) is 6.92 Å². The van der Waals surface area contributed by atoms with E-state index in [1.54, 1.807) is 12.1 Å². The van der Waals surface area contributed by atoms with Crippen LogP contribution in [0.5, 0.6) is 0 Å². The van der Waals surface area contributed by atoms with Crippen molar-refractivity contribution in [3.63, 3.8) is 0 Å². The summed E-state index contributed by atoms with van der Waals surface area (Å²) in [5.74, 6) is 1.77. The van der Waals surface area contributed by atoms with Gasteiger partial charge in [-0.15, -0.1) is 6.42 Å². The highest BCUT2D eigenvalue weighted by Crippen LogP contribution is 2.14. The Morgan fingerprint density at radius 2 is 1.91 bits per heavy atom. The number of aryl methyl sites for hydroxylation is 1. The Morgan fingerprint density at radius 3 is 2.43 bits per heavy atom. The van der Waals surface area contributed by atoms with Crippen molar-refractivity contribution in [1.29, 1.82) is 0 Å². The number of terminal acetylenes is 1. The molecule has 0 heterocycles. The summed E-state index contributed by atoms with van der Waals surface area (Å²) in [7, 11) is -3.92. The first-order valence-corrected chi connectivity index (χ1v) is 8.43. The maximum absolute atomic E-state index is 12.0. The van der Waals surface area contributed by atoms with Gasteiger partial charge in [0, 0.05) is 6.92 Å². The smallest absolute Gasteiger partial charge is 0.303 e. The normalized spacial score (nSPS) is 13.8. The van der Waals surface area contributed by atoms with Gasteiger partial charge in [-0.25, -0.2) is 0 Å². The Hall–Kier alpha value is -1.88. The molecule has 1 N–H and O–H groups in total. The van der Waals surface area contributed by atoms with Crippen molar-refractivity contribution in [2.45, 2.75) is 43.8 Å². The van der Waals surface area contributed by atoms with Gasteiger partial charge in [0.1, 0.15) is 0 Å². The molecule has 0 aromatic heterocycles. The molecule has 0 spiro atoms. The minimum absolute atomic E-state index is 0.0247. The highest BCUT2D eigenvalue weighted by Gasteiger charge is 2.18. The molecule has 0 bridgehead atoms. The maximum atomic E-state index is 12.0. The zero-order valence-corrected chi connectivity index (χ0v) is 13.9. The lowest BCUT2D eigenvalue weighted by atomic mass is 10.1. The van der Waals surface area contributed by atoms with Crippen LogP contribution in [0.1, 0.15) is 25.3 Å². The molecule has 2 atom stereocenters. The average Bonchev–Trinajstić information content (AvgIpc) is 2.49. The Balaban J connectivity index is 2.49. The standard InChI is InChI=1S/C16H20O6S/c1-4-15(22-13(3)17)8-7-14(18)11-21-23(19,20)16-9-5-12(2)6-10-16/h1,5-6,9-10,14-15,18H,7-8,11H2,2-3H3/t14-,15+/m1/s1. The second-order valence-electron chi connectivity index (χ2n) is 5.05. The lowest BCUT2D eigenvalue weighted by molar-refractivity contribution is -0.144. The number of ether oxygens (including phenoxy) is 1. The molecule has 0 amide bonds. The van der Waals surface area contributed by atoms with Crippen molar-refractivity contribution in [2.75, 3.05) is 6.61 Å². The molecule has 23 heavy (non-hydrogen) atoms. The fourth-order valence-corrected chi connectivity index (χ4v) is 2.69. The monoisotopic (exact) mass is 340 g/mol. The highest BCUT2D eigenvalue weighted by molar-refractivity contribution is 7.86. The van der Waals surface area contributed by atoms with Gasteiger partial charge >= 0.3 is 5.97 Å². The number of carbonyl (C=O) groups excluding carboxylic acids is 1. The van der Waals surface area contributed by atoms with E-state index >= 15 is 0 Å². The van der Waals surface area contributed by atoms with E-state index in [0.717, 1.165) is 5.56 Å². The number of esters is 1. The van der Waals surface area contributed by atoms with Crippen LogP contribution >= 0.6 is 0 Å². The van der Waals surface area contributed by atoms with Crippen LogP contribution in [0.2, 0.25) is 0 Å². The molecule has 0 unspecified atom stereocenters. The van der Waals surface area contributed by atoms with Crippen LogP contribution in [-0.2, 0) is 23.8 Å². The third-order valence-electron chi connectivity index (χ3n) is 2.98. The second-order valence-corrected chi connectivity index (χ2v) is 6.66. The number of aliphatic hydroxyl groups is 1. The maximum Gasteiger partial charge on any atom is 0.303 e. The summed E-state index contributed by atoms with van der Waals surface area (Å²) < 4.78 is 33.6. The number of benzene rings is 1. The van der Waals surface area contributed by atoms with E-state index in [4.69, 9.17) is 15.3 Å². The van der Waals surface area contributed by atoms with Crippen molar-refractivity contribution in [3.8, 4) is 12.3 Å². The topological polar surface area (TPSA) is 89.9 Å². The average molecular weight is 340 g/mol. The highest BCUT2D eigenvalue weighted by atomic mass is 32.2. The molecule has 7 heteroatoms. The molecule has 126 valence electrons. The Kier molecular flexibility index (Phi) is 7.23. The van der Waals surface area contributed by atoms with Gasteiger partial charge in [-0.05, 0) is 31.9 Å². The summed E-state index contributed by atoms with van der Waals surface area (Å²) >= 11 is 0. The fraction of sp³-hybridized carbons (Fsp3) is 0.438. The molecule has 1 aromatic carbocycles. The minimum atomic E-state index is -3.92. The summed E-state index contributed by atoms with van der Waals surface area (Å²) in [6, 6.07) is 6.19. The van der Waals surface area contributed by atoms with Crippen LogP contribution in [0.25, 0.3) is 0 Å². The molecule has 0 aliphatic carbocycles. The molecule has 0 fully saturated rings. The molecule has 1 aromatic rings. The van der Waals surface area contributed by atoms with Crippen LogP contribution in [-0.4, -0.2) is 38.3 Å². The molecular weight excluding hydrogens is 320 g/mol. The Morgan fingerprint density at radius 1 is 1.30 bits per heavy atom. The third kappa shape index (κ3) is 6.82. The summed E-state index contributed by atoms with van der Waals surface area (Å²) in [6.45, 7) is 2.68. The lowest BCUT2D eigenvalue weighted by Crippen LogP contribution is -2.22. The quantitative estimate of drug-likeness (QED) is 0.437. The number of carbonyl (C=O) groups is 1. The Bertz CT molecular complexity index is 657. The summed E-state index contributed by atoms with van der Waals surface area (Å²) in [5, 5.41) is 9.78. The van der Waals surface area contributed by atoms with E-state index in [1.165, 1.54) is 19.1 Å². The lowest BCUT2D eigenvalue weighted by Gasteiger charge is -2.14. The van der Waals surface area contributed by atoms with Gasteiger partial charge in [-0.1, -0.05) is 23.6 Å². The van der Waals surface area contributed by atoms with Crippen LogP contribution in [0, 0.1) is 19.3 Å². The number of rotatable bonds is 8. The van der Waals surface area contributed by atoms with E-state index < -0.39 is 34.9 Å². The van der Waals surface area contributed by atoms with Crippen molar-refractivity contribution < 1.29 is 27.2 Å². The second kappa shape index (κ2) is 8.67. The van der Waals surface area contributed by atoms with Crippen molar-refractivity contribution in [1.82, 2.24) is 0 Å². The molecular formula is C16H20O6S. The molecule has 6 nitrogen and oxygen atoms in total. The third-order valence-corrected chi connectivity index (χ3v) is 4.28. The molecule has 0 aliphatic rings. The van der Waals surface area contributed by atoms with Crippen molar-refractivity contribution >= 4 is 16.1 Å². The van der Waals surface area contributed by atoms with E-state index in [2.05, 4.69) is 5.92 Å². The first-order chi connectivity index (χ1) is 10.7. The van der Waals surface area contributed by atoms with Gasteiger partial charge in [0.2, 0.25) is 0 Å². The molecule has 0 radical (unpaired) electrons. The predicted octanol–water partition coefficient (Wildman–Crippen LogP) is 1.41. The first kappa shape index (κ1) is 19.2. The first-order valence-electron chi connectivity index (χ1n) is 7.02. The zero-order valence-electron chi connectivity index (χ0n) is 13.1. The predicted molar refractivity (Wildman–Crippen MR) is 83.9 cm³/mol. The van der Waals surface area contributed by atoms with E-state index in [-0.39, 0.29) is 17.7 Å². The van der Waals surface area contributed by atoms with Crippen molar-refractivity contribution in [2.24, 2.45) is 0 Å². The zero-order chi connectivity index (χ0) is 17.5. The van der Waals surface area contributed by atoms with Gasteiger partial charge in [-0.3, -0.25) is 8.98 Å². The fourth-order valence-electron chi connectivity index (χ4n) is 1.74. The minimum Gasteiger partial charge on any atom is -0.449 e. The summed E-state index contributed by atoms with van der Waals surface area (Å²) in [6.07, 6.45) is 3.77. The molecule has 0 saturated heterocycles. The SMILES string of the molecule is C#C[C@@H](CC[C@@H](O)COS(=O)(=O)c1ccc(C)cc1)OC(C)=O. The van der Waals surface area contributed by atoms with Gasteiger partial charge in [0.15, 0.2) is 6.10 Å². The van der Waals surface area contributed by atoms with Gasteiger partial charge in [0.25, 0.3) is 10.1 Å². The largest absolute Gasteiger partial charge is 0.449 e. The summed E-state index contributed by atoms with van der Waals surface area (Å²) in [4.78, 5) is 10.8. The number of aliphatic hydroxyl groups excluding tert-OH is 1. The molecule has 1 rings (SSSR count). The molecule has 0 aliphatic heterocycles. The van der Waals surface area contributed by atoms with E-state index in [9.17, 15) is 18.3 Å². The van der Waals surface area contributed by atoms with Crippen LogP contribution < -0.4 is 0 Å². The number of hydrogen-bond donors (Lipinski definition) is 1. The van der Waals surface area contributed by atoms with E-state index in [0.29, 0.717) is 0 Å².